The summed E-state index contributed by atoms with van der Waals surface area (Å²) < 4.78 is 18.3. The number of pyridine rings is 1. The minimum atomic E-state index is -0.302. The van der Waals surface area contributed by atoms with Crippen molar-refractivity contribution in [1.82, 2.24) is 20.1 Å². The van der Waals surface area contributed by atoms with Crippen LogP contribution < -0.4 is 15.0 Å². The fourth-order valence-electron chi connectivity index (χ4n) is 5.40. The predicted molar refractivity (Wildman–Crippen MR) is 154 cm³/mol. The van der Waals surface area contributed by atoms with E-state index in [9.17, 15) is 9.18 Å². The van der Waals surface area contributed by atoms with E-state index in [2.05, 4.69) is 37.1 Å². The van der Waals surface area contributed by atoms with Crippen LogP contribution in [0.2, 0.25) is 5.02 Å². The number of benzene rings is 2. The van der Waals surface area contributed by atoms with E-state index in [-0.39, 0.29) is 13.2 Å². The fraction of sp³-hybridized carbons (Fsp3) is 0.400. The number of carbonyl (C=O) groups is 1. The lowest BCUT2D eigenvalue weighted by Gasteiger charge is -2.43. The van der Waals surface area contributed by atoms with Crippen LogP contribution in [0.3, 0.4) is 0 Å². The average Bonchev–Trinajstić information content (AvgIpc) is 2.97. The van der Waals surface area contributed by atoms with Crippen molar-refractivity contribution >= 4 is 23.3 Å². The van der Waals surface area contributed by atoms with Gasteiger partial charge in [0.25, 0.3) is 5.91 Å². The van der Waals surface area contributed by atoms with Gasteiger partial charge >= 0.3 is 0 Å². The van der Waals surface area contributed by atoms with Crippen LogP contribution in [-0.4, -0.2) is 73.1 Å². The molecule has 1 aromatic heterocycles. The number of piperazine rings is 1. The smallest absolute Gasteiger partial charge is 0.253 e. The fourth-order valence-corrected chi connectivity index (χ4v) is 5.69. The molecule has 3 aromatic rings. The standard InChI is InChI=1S/C30H35ClFN5O2.H2/c1-39-27-8-4-23(5-9-27)21-35-12-10-26(11-13-35)36-14-16-37(17-15-36)29-28(31)18-24(20-33-29)30(38)34-19-22-2-6-25(32)7-3-22;/h2-9,18,20,26H,10-17,19,21H2,1H3,(H,34,38);1H. The normalized spacial score (nSPS) is 17.3. The Hall–Kier alpha value is -3.20. The summed E-state index contributed by atoms with van der Waals surface area (Å²) in [5, 5.41) is 3.31. The number of nitrogens with zero attached hydrogens (tertiary/aromatic N) is 4. The number of anilines is 1. The molecule has 1 amide bonds. The number of carbonyl (C=O) groups excluding carboxylic acids is 1. The number of methoxy groups -OCH3 is 1. The second-order valence-electron chi connectivity index (χ2n) is 10.2. The molecule has 0 bridgehead atoms. The Kier molecular flexibility index (Phi) is 8.96. The van der Waals surface area contributed by atoms with E-state index in [1.54, 1.807) is 31.5 Å². The Labute approximate surface area is 236 Å². The second kappa shape index (κ2) is 12.8. The number of amides is 1. The number of nitrogens with one attached hydrogen (secondary N) is 1. The van der Waals surface area contributed by atoms with Gasteiger partial charge in [-0.05, 0) is 67.4 Å². The Bertz CT molecular complexity index is 1250. The van der Waals surface area contributed by atoms with Gasteiger partial charge in [-0.15, -0.1) is 0 Å². The van der Waals surface area contributed by atoms with Crippen molar-refractivity contribution < 1.29 is 15.3 Å². The van der Waals surface area contributed by atoms with Crippen molar-refractivity contribution in [2.45, 2.75) is 32.0 Å². The number of halogens is 2. The van der Waals surface area contributed by atoms with Gasteiger partial charge in [-0.3, -0.25) is 14.6 Å². The highest BCUT2D eigenvalue weighted by atomic mass is 35.5. The highest BCUT2D eigenvalue weighted by Crippen LogP contribution is 2.27. The zero-order valence-electron chi connectivity index (χ0n) is 22.3. The predicted octanol–water partition coefficient (Wildman–Crippen LogP) is 4.85. The zero-order valence-corrected chi connectivity index (χ0v) is 23.0. The van der Waals surface area contributed by atoms with Crippen molar-refractivity contribution in [3.05, 3.63) is 88.3 Å². The molecule has 0 aliphatic carbocycles. The Balaban J connectivity index is 0.00000370. The Morgan fingerprint density at radius 3 is 2.33 bits per heavy atom. The third-order valence-corrected chi connectivity index (χ3v) is 7.98. The van der Waals surface area contributed by atoms with Gasteiger partial charge in [-0.1, -0.05) is 35.9 Å². The Morgan fingerprint density at radius 2 is 1.69 bits per heavy atom. The van der Waals surface area contributed by atoms with Gasteiger partial charge < -0.3 is 15.0 Å². The van der Waals surface area contributed by atoms with Crippen LogP contribution in [0.5, 0.6) is 5.75 Å². The number of hydrogen-bond donors (Lipinski definition) is 1. The molecule has 7 nitrogen and oxygen atoms in total. The molecular formula is C30H37ClFN5O2. The summed E-state index contributed by atoms with van der Waals surface area (Å²) in [7, 11) is 1.70. The van der Waals surface area contributed by atoms with Gasteiger partial charge in [0.1, 0.15) is 17.4 Å². The van der Waals surface area contributed by atoms with E-state index in [1.807, 2.05) is 12.1 Å². The number of piperidine rings is 1. The van der Waals surface area contributed by atoms with Crippen molar-refractivity contribution in [2.75, 3.05) is 51.3 Å². The van der Waals surface area contributed by atoms with E-state index < -0.39 is 0 Å². The lowest BCUT2D eigenvalue weighted by molar-refractivity contribution is 0.0950. The van der Waals surface area contributed by atoms with Crippen LogP contribution in [0.25, 0.3) is 0 Å². The molecular weight excluding hydrogens is 517 g/mol. The maximum atomic E-state index is 13.1. The van der Waals surface area contributed by atoms with E-state index in [4.69, 9.17) is 16.3 Å². The first-order valence-electron chi connectivity index (χ1n) is 13.5. The topological polar surface area (TPSA) is 60.9 Å². The third-order valence-electron chi connectivity index (χ3n) is 7.70. The number of hydrogen-bond acceptors (Lipinski definition) is 6. The van der Waals surface area contributed by atoms with Crippen LogP contribution in [0.1, 0.15) is 35.8 Å². The lowest BCUT2D eigenvalue weighted by atomic mass is 10.0. The van der Waals surface area contributed by atoms with Crippen molar-refractivity contribution in [3.63, 3.8) is 0 Å². The van der Waals surface area contributed by atoms with Crippen molar-refractivity contribution in [2.24, 2.45) is 0 Å². The number of aromatic nitrogens is 1. The van der Waals surface area contributed by atoms with Crippen molar-refractivity contribution in [3.8, 4) is 5.75 Å². The van der Waals surface area contributed by atoms with Gasteiger partial charge in [-0.2, -0.15) is 0 Å². The highest BCUT2D eigenvalue weighted by Gasteiger charge is 2.28. The maximum Gasteiger partial charge on any atom is 0.253 e. The second-order valence-corrected chi connectivity index (χ2v) is 10.6. The van der Waals surface area contributed by atoms with E-state index in [1.165, 1.54) is 30.5 Å². The molecule has 0 unspecified atom stereocenters. The third kappa shape index (κ3) is 7.06. The van der Waals surface area contributed by atoms with Gasteiger partial charge in [0.15, 0.2) is 0 Å². The summed E-state index contributed by atoms with van der Waals surface area (Å²) in [6, 6.07) is 16.7. The molecule has 2 saturated heterocycles. The summed E-state index contributed by atoms with van der Waals surface area (Å²) in [5.74, 6) is 1.06. The van der Waals surface area contributed by atoms with Crippen LogP contribution in [0.15, 0.2) is 60.8 Å². The lowest BCUT2D eigenvalue weighted by Crippen LogP contribution is -2.53. The summed E-state index contributed by atoms with van der Waals surface area (Å²) in [6.45, 7) is 7.16. The van der Waals surface area contributed by atoms with Gasteiger partial charge in [0.05, 0.1) is 17.7 Å². The van der Waals surface area contributed by atoms with E-state index in [0.717, 1.165) is 62.9 Å². The van der Waals surface area contributed by atoms with E-state index >= 15 is 0 Å². The molecule has 5 rings (SSSR count). The zero-order chi connectivity index (χ0) is 27.2. The molecule has 1 N–H and O–H groups in total. The number of rotatable bonds is 8. The van der Waals surface area contributed by atoms with Crippen LogP contribution in [0.4, 0.5) is 10.2 Å². The minimum Gasteiger partial charge on any atom is -0.497 e. The summed E-state index contributed by atoms with van der Waals surface area (Å²) in [4.78, 5) is 24.5. The minimum absolute atomic E-state index is 0. The summed E-state index contributed by atoms with van der Waals surface area (Å²) in [5.41, 5.74) is 2.55. The molecule has 0 radical (unpaired) electrons. The molecule has 2 aromatic carbocycles. The molecule has 0 spiro atoms. The monoisotopic (exact) mass is 553 g/mol. The molecule has 208 valence electrons. The number of ether oxygens (including phenoxy) is 1. The SMILES string of the molecule is COc1ccc(CN2CCC(N3CCN(c4ncc(C(=O)NCc5ccc(F)cc5)cc4Cl)CC3)CC2)cc1.[HH]. The maximum absolute atomic E-state index is 13.1. The summed E-state index contributed by atoms with van der Waals surface area (Å²) >= 11 is 6.57. The Morgan fingerprint density at radius 1 is 1.03 bits per heavy atom. The van der Waals surface area contributed by atoms with Gasteiger partial charge in [0, 0.05) is 52.9 Å². The molecule has 9 heteroatoms. The van der Waals surface area contributed by atoms with Gasteiger partial charge in [-0.25, -0.2) is 9.37 Å². The first-order valence-corrected chi connectivity index (χ1v) is 13.9. The van der Waals surface area contributed by atoms with Gasteiger partial charge in [0.2, 0.25) is 0 Å². The molecule has 2 fully saturated rings. The largest absolute Gasteiger partial charge is 0.497 e. The van der Waals surface area contributed by atoms with E-state index in [0.29, 0.717) is 23.2 Å². The first-order chi connectivity index (χ1) is 19.0. The van der Waals surface area contributed by atoms with Crippen LogP contribution >= 0.6 is 11.6 Å². The molecule has 2 aliphatic heterocycles. The first kappa shape index (κ1) is 27.4. The molecule has 2 aliphatic rings. The molecule has 3 heterocycles. The highest BCUT2D eigenvalue weighted by molar-refractivity contribution is 6.33. The molecule has 39 heavy (non-hydrogen) atoms. The summed E-state index contributed by atoms with van der Waals surface area (Å²) in [6.07, 6.45) is 3.93. The quantitative estimate of drug-likeness (QED) is 0.430. The van der Waals surface area contributed by atoms with Crippen molar-refractivity contribution in [1.29, 1.82) is 0 Å². The van der Waals surface area contributed by atoms with Crippen LogP contribution in [0, 0.1) is 5.82 Å². The average molecular weight is 554 g/mol. The van der Waals surface area contributed by atoms with Crippen LogP contribution in [-0.2, 0) is 13.1 Å². The molecule has 0 atom stereocenters. The molecule has 0 saturated carbocycles. The number of likely N-dealkylation sites (tertiary alicyclic amines) is 1.